The molecule has 5 N–H and O–H groups in total. The number of rotatable bonds is 0. The molecule has 0 rings (SSSR count). The van der Waals surface area contributed by atoms with Crippen molar-refractivity contribution in [3.63, 3.8) is 0 Å². The third-order valence-corrected chi connectivity index (χ3v) is 0. The SMILES string of the molecule is O=C(O)O.O=P(O)(O)O. The molecule has 0 aromatic heterocycles. The zero-order valence-electron chi connectivity index (χ0n) is 4.00. The van der Waals surface area contributed by atoms with E-state index in [2.05, 4.69) is 0 Å². The average Bonchev–Trinajstić information content (AvgIpc) is 1.19. The average molecular weight is 160 g/mol. The van der Waals surface area contributed by atoms with Crippen molar-refractivity contribution in [1.29, 1.82) is 0 Å². The van der Waals surface area contributed by atoms with Crippen LogP contribution in [0.4, 0.5) is 4.79 Å². The van der Waals surface area contributed by atoms with Crippen molar-refractivity contribution in [1.82, 2.24) is 0 Å². The summed E-state index contributed by atoms with van der Waals surface area (Å²) in [6.07, 6.45) is -1.83. The molecule has 0 aromatic carbocycles. The first-order chi connectivity index (χ1) is 3.73. The van der Waals surface area contributed by atoms with Crippen molar-refractivity contribution in [2.24, 2.45) is 0 Å². The summed E-state index contributed by atoms with van der Waals surface area (Å²) in [6, 6.07) is 0. The second-order valence-electron chi connectivity index (χ2n) is 0.796. The Labute approximate surface area is 49.4 Å². The van der Waals surface area contributed by atoms with Gasteiger partial charge in [-0.1, -0.05) is 0 Å². The van der Waals surface area contributed by atoms with Gasteiger partial charge >= 0.3 is 14.0 Å². The third kappa shape index (κ3) is 556. The fourth-order valence-corrected chi connectivity index (χ4v) is 0. The van der Waals surface area contributed by atoms with Crippen LogP contribution in [0.3, 0.4) is 0 Å². The van der Waals surface area contributed by atoms with E-state index >= 15 is 0 Å². The quantitative estimate of drug-likeness (QED) is 0.295. The second-order valence-corrected chi connectivity index (χ2v) is 1.82. The zero-order valence-corrected chi connectivity index (χ0v) is 4.89. The number of carboxylic acid groups (broad SMARTS) is 2. The van der Waals surface area contributed by atoms with Crippen LogP contribution in [0.15, 0.2) is 0 Å². The molecule has 0 heterocycles. The highest BCUT2D eigenvalue weighted by molar-refractivity contribution is 7.45. The Kier molecular flexibility index (Phi) is 5.33. The highest BCUT2D eigenvalue weighted by atomic mass is 31.2. The summed E-state index contributed by atoms with van der Waals surface area (Å²) < 4.78 is 8.88. The lowest BCUT2D eigenvalue weighted by atomic mass is 11.5. The summed E-state index contributed by atoms with van der Waals surface area (Å²) in [5.74, 6) is 0. The number of hydrogen-bond donors (Lipinski definition) is 5. The molecule has 9 heavy (non-hydrogen) atoms. The van der Waals surface area contributed by atoms with Crippen molar-refractivity contribution in [2.75, 3.05) is 0 Å². The lowest BCUT2D eigenvalue weighted by Crippen LogP contribution is -1.81. The number of phosphoric acid groups is 1. The molecule has 0 saturated carbocycles. The number of hydrogen-bond acceptors (Lipinski definition) is 2. The maximum Gasteiger partial charge on any atom is 0.503 e. The van der Waals surface area contributed by atoms with Crippen LogP contribution in [-0.2, 0) is 4.57 Å². The Balaban J connectivity index is 0. The van der Waals surface area contributed by atoms with E-state index < -0.39 is 14.0 Å². The Morgan fingerprint density at radius 2 is 1.11 bits per heavy atom. The van der Waals surface area contributed by atoms with Gasteiger partial charge in [0, 0.05) is 0 Å². The predicted molar refractivity (Wildman–Crippen MR) is 24.9 cm³/mol. The van der Waals surface area contributed by atoms with Gasteiger partial charge in [0.15, 0.2) is 0 Å². The molecule has 7 nitrogen and oxygen atoms in total. The maximum absolute atomic E-state index is 8.88. The normalized spacial score (nSPS) is 9.22. The molecule has 0 aromatic rings. The zero-order chi connectivity index (χ0) is 8.08. The standard InChI is InChI=1S/CH2O3.H3O4P/c2-1(3)4;1-5(2,3)4/h(H2,2,3,4);(H3,1,2,3,4). The van der Waals surface area contributed by atoms with Crippen LogP contribution in [0.25, 0.3) is 0 Å². The first-order valence-electron chi connectivity index (χ1n) is 1.43. The molecular formula is CH5O7P. The summed E-state index contributed by atoms with van der Waals surface area (Å²) in [7, 11) is -4.64. The van der Waals surface area contributed by atoms with Gasteiger partial charge in [-0.05, 0) is 0 Å². The molecule has 0 amide bonds. The highest BCUT2D eigenvalue weighted by Gasteiger charge is 2.00. The van der Waals surface area contributed by atoms with Gasteiger partial charge in [0.1, 0.15) is 0 Å². The van der Waals surface area contributed by atoms with E-state index in [0.717, 1.165) is 0 Å². The minimum absolute atomic E-state index is 1.83. The molecule has 8 heteroatoms. The van der Waals surface area contributed by atoms with Gasteiger partial charge in [0.25, 0.3) is 0 Å². The highest BCUT2D eigenvalue weighted by Crippen LogP contribution is 2.25. The first kappa shape index (κ1) is 11.2. The van der Waals surface area contributed by atoms with Gasteiger partial charge < -0.3 is 24.9 Å². The molecule has 0 bridgehead atoms. The second kappa shape index (κ2) is 4.28. The van der Waals surface area contributed by atoms with Gasteiger partial charge in [-0.2, -0.15) is 0 Å². The smallest absolute Gasteiger partial charge is 0.450 e. The minimum Gasteiger partial charge on any atom is -0.450 e. The molecule has 56 valence electrons. The molecule has 0 unspecified atom stereocenters. The fraction of sp³-hybridized carbons (Fsp3) is 0. The number of carbonyl (C=O) groups is 1. The molecule has 0 fully saturated rings. The van der Waals surface area contributed by atoms with E-state index in [-0.39, 0.29) is 0 Å². The van der Waals surface area contributed by atoms with Crippen molar-refractivity contribution in [2.45, 2.75) is 0 Å². The maximum atomic E-state index is 8.88. The van der Waals surface area contributed by atoms with E-state index in [0.29, 0.717) is 0 Å². The van der Waals surface area contributed by atoms with Gasteiger partial charge in [-0.25, -0.2) is 9.36 Å². The van der Waals surface area contributed by atoms with Crippen molar-refractivity contribution in [3.8, 4) is 0 Å². The van der Waals surface area contributed by atoms with Gasteiger partial charge in [0.2, 0.25) is 0 Å². The van der Waals surface area contributed by atoms with Gasteiger partial charge in [-0.15, -0.1) is 0 Å². The van der Waals surface area contributed by atoms with Crippen LogP contribution >= 0.6 is 7.82 Å². The summed E-state index contributed by atoms with van der Waals surface area (Å²) in [6.45, 7) is 0. The van der Waals surface area contributed by atoms with E-state index in [9.17, 15) is 0 Å². The minimum atomic E-state index is -4.64. The molecule has 0 radical (unpaired) electrons. The van der Waals surface area contributed by atoms with E-state index in [4.69, 9.17) is 34.3 Å². The summed E-state index contributed by atoms with van der Waals surface area (Å²) in [5, 5.41) is 13.9. The summed E-state index contributed by atoms with van der Waals surface area (Å²) >= 11 is 0. The Bertz CT molecular complexity index is 109. The molecule has 0 spiro atoms. The van der Waals surface area contributed by atoms with Crippen molar-refractivity contribution < 1.29 is 34.3 Å². The molecule has 0 saturated heterocycles. The van der Waals surface area contributed by atoms with Crippen LogP contribution in [0, 0.1) is 0 Å². The Hall–Kier alpha value is -0.620. The molecule has 0 aliphatic carbocycles. The molecule has 0 aliphatic heterocycles. The monoisotopic (exact) mass is 160 g/mol. The molecule has 0 atom stereocenters. The van der Waals surface area contributed by atoms with Gasteiger partial charge in [-0.3, -0.25) is 0 Å². The fourth-order valence-electron chi connectivity index (χ4n) is 0. The van der Waals surface area contributed by atoms with E-state index in [1.807, 2.05) is 0 Å². The van der Waals surface area contributed by atoms with E-state index in [1.165, 1.54) is 0 Å². The van der Waals surface area contributed by atoms with Gasteiger partial charge in [0.05, 0.1) is 0 Å². The lowest BCUT2D eigenvalue weighted by molar-refractivity contribution is 0.137. The predicted octanol–water partition coefficient (Wildman–Crippen LogP) is -0.706. The lowest BCUT2D eigenvalue weighted by Gasteiger charge is -1.82. The van der Waals surface area contributed by atoms with Crippen molar-refractivity contribution >= 4 is 14.0 Å². The van der Waals surface area contributed by atoms with Crippen LogP contribution in [0.5, 0.6) is 0 Å². The van der Waals surface area contributed by atoms with Crippen LogP contribution in [0.1, 0.15) is 0 Å². The van der Waals surface area contributed by atoms with Crippen LogP contribution in [0.2, 0.25) is 0 Å². The Morgan fingerprint density at radius 1 is 1.11 bits per heavy atom. The first-order valence-corrected chi connectivity index (χ1v) is 3.00. The van der Waals surface area contributed by atoms with Crippen LogP contribution < -0.4 is 0 Å². The Morgan fingerprint density at radius 3 is 1.11 bits per heavy atom. The van der Waals surface area contributed by atoms with E-state index in [1.54, 1.807) is 0 Å². The van der Waals surface area contributed by atoms with Crippen molar-refractivity contribution in [3.05, 3.63) is 0 Å². The summed E-state index contributed by atoms with van der Waals surface area (Å²) in [4.78, 5) is 30.1. The molecule has 0 aliphatic rings. The topological polar surface area (TPSA) is 135 Å². The molecular weight excluding hydrogens is 155 g/mol. The largest absolute Gasteiger partial charge is 0.503 e. The summed E-state index contributed by atoms with van der Waals surface area (Å²) in [5.41, 5.74) is 0. The van der Waals surface area contributed by atoms with Crippen LogP contribution in [-0.4, -0.2) is 31.0 Å². The third-order valence-electron chi connectivity index (χ3n) is 0.